The molecule has 2 unspecified atom stereocenters. The lowest BCUT2D eigenvalue weighted by atomic mass is 10.1. The van der Waals surface area contributed by atoms with Gasteiger partial charge in [-0.15, -0.1) is 0 Å². The summed E-state index contributed by atoms with van der Waals surface area (Å²) in [7, 11) is 0. The predicted octanol–water partition coefficient (Wildman–Crippen LogP) is 2.20. The van der Waals surface area contributed by atoms with Crippen molar-refractivity contribution in [2.24, 2.45) is 10.8 Å². The molecule has 0 heterocycles. The smallest absolute Gasteiger partial charge is 0.0528 e. The average molecular weight is 128 g/mol. The van der Waals surface area contributed by atoms with E-state index in [9.17, 15) is 0 Å². The Morgan fingerprint density at radius 1 is 1.30 bits per heavy atom. The molecule has 2 saturated carbocycles. The van der Waals surface area contributed by atoms with E-state index in [0.717, 1.165) is 0 Å². The first-order valence-electron chi connectivity index (χ1n) is 3.90. The largest absolute Gasteiger partial charge is 0.0579 e. The van der Waals surface area contributed by atoms with Crippen LogP contribution in [-0.2, 0) is 0 Å². The predicted molar refractivity (Wildman–Crippen MR) is 39.4 cm³/mol. The maximum absolute atomic E-state index is 2.38. The molecule has 4 aliphatic rings. The normalized spacial score (nSPS) is 56.6. The SMILES string of the molecule is CC1=CC2=C3C4(C)C(=C1)C234. The van der Waals surface area contributed by atoms with Gasteiger partial charge in [0, 0.05) is 5.41 Å². The van der Waals surface area contributed by atoms with Gasteiger partial charge in [-0.3, -0.25) is 0 Å². The molecule has 0 amide bonds. The van der Waals surface area contributed by atoms with E-state index in [1.807, 2.05) is 0 Å². The summed E-state index contributed by atoms with van der Waals surface area (Å²) in [6, 6.07) is 0. The summed E-state index contributed by atoms with van der Waals surface area (Å²) < 4.78 is 0. The van der Waals surface area contributed by atoms with Crippen molar-refractivity contribution in [1.82, 2.24) is 0 Å². The Morgan fingerprint density at radius 2 is 2.10 bits per heavy atom. The van der Waals surface area contributed by atoms with E-state index in [1.54, 1.807) is 16.7 Å². The van der Waals surface area contributed by atoms with E-state index in [-0.39, 0.29) is 0 Å². The number of fused-ring (bicyclic) bond motifs is 2. The van der Waals surface area contributed by atoms with Gasteiger partial charge >= 0.3 is 0 Å². The van der Waals surface area contributed by atoms with Crippen molar-refractivity contribution in [2.75, 3.05) is 0 Å². The highest BCUT2D eigenvalue weighted by atomic mass is 15.0. The molecule has 0 nitrogen and oxygen atoms in total. The number of allylic oxidation sites excluding steroid dienone is 6. The van der Waals surface area contributed by atoms with Crippen molar-refractivity contribution in [1.29, 1.82) is 0 Å². The van der Waals surface area contributed by atoms with Crippen LogP contribution in [0.1, 0.15) is 13.8 Å². The van der Waals surface area contributed by atoms with Crippen LogP contribution in [0.2, 0.25) is 0 Å². The molecule has 4 rings (SSSR count). The molecule has 0 saturated heterocycles. The Labute approximate surface area is 59.9 Å². The summed E-state index contributed by atoms with van der Waals surface area (Å²) in [6.07, 6.45) is 4.73. The lowest BCUT2D eigenvalue weighted by Crippen LogP contribution is -1.80. The van der Waals surface area contributed by atoms with Crippen LogP contribution in [0.25, 0.3) is 0 Å². The minimum Gasteiger partial charge on any atom is -0.0579 e. The van der Waals surface area contributed by atoms with Crippen molar-refractivity contribution in [3.8, 4) is 0 Å². The number of hydrogen-bond donors (Lipinski definition) is 0. The molecule has 2 fully saturated rings. The molecule has 2 atom stereocenters. The maximum atomic E-state index is 2.38. The van der Waals surface area contributed by atoms with E-state index in [2.05, 4.69) is 26.0 Å². The lowest BCUT2D eigenvalue weighted by molar-refractivity contribution is 0.842. The van der Waals surface area contributed by atoms with E-state index in [1.165, 1.54) is 5.57 Å². The highest BCUT2D eigenvalue weighted by Gasteiger charge is 3.01. The summed E-state index contributed by atoms with van der Waals surface area (Å²) in [6.45, 7) is 4.58. The molecule has 0 radical (unpaired) electrons. The van der Waals surface area contributed by atoms with Crippen molar-refractivity contribution in [3.63, 3.8) is 0 Å². The minimum absolute atomic E-state index is 0.622. The number of rotatable bonds is 0. The molecule has 4 aliphatic carbocycles. The van der Waals surface area contributed by atoms with Crippen molar-refractivity contribution < 1.29 is 0 Å². The van der Waals surface area contributed by atoms with Crippen LogP contribution < -0.4 is 0 Å². The van der Waals surface area contributed by atoms with Crippen LogP contribution in [0, 0.1) is 10.8 Å². The Bertz CT molecular complexity index is 392. The third-order valence-corrected chi connectivity index (χ3v) is 3.80. The van der Waals surface area contributed by atoms with Crippen molar-refractivity contribution in [3.05, 3.63) is 34.4 Å². The highest BCUT2D eigenvalue weighted by molar-refractivity contribution is 6.01. The molecule has 0 aromatic rings. The fourth-order valence-corrected chi connectivity index (χ4v) is 3.15. The van der Waals surface area contributed by atoms with Crippen LogP contribution in [0.15, 0.2) is 34.4 Å². The lowest BCUT2D eigenvalue weighted by Gasteiger charge is -1.95. The van der Waals surface area contributed by atoms with E-state index in [4.69, 9.17) is 0 Å². The van der Waals surface area contributed by atoms with Gasteiger partial charge in [0.25, 0.3) is 0 Å². The summed E-state index contributed by atoms with van der Waals surface area (Å²) in [5, 5.41) is 0. The summed E-state index contributed by atoms with van der Waals surface area (Å²) in [5.41, 5.74) is 7.86. The summed E-state index contributed by atoms with van der Waals surface area (Å²) in [5.74, 6) is 0. The van der Waals surface area contributed by atoms with Crippen LogP contribution in [0.4, 0.5) is 0 Å². The second-order valence-corrected chi connectivity index (χ2v) is 4.11. The van der Waals surface area contributed by atoms with Crippen LogP contribution >= 0.6 is 0 Å². The highest BCUT2D eigenvalue weighted by Crippen LogP contribution is 3.08. The molecule has 48 valence electrons. The van der Waals surface area contributed by atoms with Crippen molar-refractivity contribution >= 4 is 0 Å². The van der Waals surface area contributed by atoms with Gasteiger partial charge in [-0.1, -0.05) is 24.6 Å². The number of hydrogen-bond acceptors (Lipinski definition) is 0. The average Bonchev–Trinajstić information content (AvgIpc) is 2.72. The van der Waals surface area contributed by atoms with E-state index >= 15 is 0 Å². The van der Waals surface area contributed by atoms with Crippen LogP contribution in [0.5, 0.6) is 0 Å². The van der Waals surface area contributed by atoms with E-state index < -0.39 is 0 Å². The van der Waals surface area contributed by atoms with Gasteiger partial charge in [0.1, 0.15) is 0 Å². The van der Waals surface area contributed by atoms with Crippen LogP contribution in [0.3, 0.4) is 0 Å². The molecule has 0 aliphatic heterocycles. The second kappa shape index (κ2) is 0.674. The van der Waals surface area contributed by atoms with E-state index in [0.29, 0.717) is 10.8 Å². The minimum atomic E-state index is 0.622. The zero-order chi connectivity index (χ0) is 6.72. The maximum Gasteiger partial charge on any atom is 0.0528 e. The fourth-order valence-electron chi connectivity index (χ4n) is 3.15. The standard InChI is InChI=1S/C10H8/c1-5-3-6-8-9(2)7(4-5)10(6,8)9/h3-4H,1-2H3. The molecular weight excluding hydrogens is 120 g/mol. The van der Waals surface area contributed by atoms with Gasteiger partial charge in [0.05, 0.1) is 5.41 Å². The first-order chi connectivity index (χ1) is 4.74. The van der Waals surface area contributed by atoms with Crippen LogP contribution in [-0.4, -0.2) is 0 Å². The Morgan fingerprint density at radius 3 is 2.80 bits per heavy atom. The molecular formula is C10H8. The Kier molecular flexibility index (Phi) is 0.281. The molecule has 0 N–H and O–H groups in total. The first-order valence-corrected chi connectivity index (χ1v) is 3.90. The van der Waals surface area contributed by atoms with Gasteiger partial charge in [0.2, 0.25) is 0 Å². The second-order valence-electron chi connectivity index (χ2n) is 4.11. The molecule has 0 heteroatoms. The quantitative estimate of drug-likeness (QED) is 0.469. The summed E-state index contributed by atoms with van der Waals surface area (Å²) >= 11 is 0. The van der Waals surface area contributed by atoms with Gasteiger partial charge < -0.3 is 0 Å². The zero-order valence-corrected chi connectivity index (χ0v) is 6.15. The van der Waals surface area contributed by atoms with Crippen molar-refractivity contribution in [2.45, 2.75) is 13.8 Å². The summed E-state index contributed by atoms with van der Waals surface area (Å²) in [4.78, 5) is 0. The third kappa shape index (κ3) is 0.143. The Balaban J connectivity index is 2.13. The molecule has 0 aromatic heterocycles. The van der Waals surface area contributed by atoms with Gasteiger partial charge in [0.15, 0.2) is 0 Å². The monoisotopic (exact) mass is 128 g/mol. The topological polar surface area (TPSA) is 0 Å². The fraction of sp³-hybridized carbons (Fsp3) is 0.400. The first kappa shape index (κ1) is 4.17. The van der Waals surface area contributed by atoms with Gasteiger partial charge in [-0.05, 0) is 23.6 Å². The third-order valence-electron chi connectivity index (χ3n) is 3.80. The van der Waals surface area contributed by atoms with Gasteiger partial charge in [-0.2, -0.15) is 0 Å². The molecule has 1 spiro atoms. The zero-order valence-electron chi connectivity index (χ0n) is 6.15. The molecule has 10 heavy (non-hydrogen) atoms. The van der Waals surface area contributed by atoms with Gasteiger partial charge in [-0.25, -0.2) is 0 Å². The Hall–Kier alpha value is -0.780. The molecule has 0 bridgehead atoms. The molecule has 0 aromatic carbocycles.